The molecule has 1 aliphatic rings. The first-order valence-corrected chi connectivity index (χ1v) is 6.97. The fourth-order valence-electron chi connectivity index (χ4n) is 1.80. The molecule has 0 bridgehead atoms. The quantitative estimate of drug-likeness (QED) is 0.768. The van der Waals surface area contributed by atoms with E-state index in [0.29, 0.717) is 11.8 Å². The monoisotopic (exact) mass is 319 g/mol. The Kier molecular flexibility index (Phi) is 6.49. The Hall–Kier alpha value is -0.0900. The van der Waals surface area contributed by atoms with E-state index in [4.69, 9.17) is 11.6 Å². The molecule has 2 atom stereocenters. The van der Waals surface area contributed by atoms with Crippen molar-refractivity contribution in [2.45, 2.75) is 20.0 Å². The lowest BCUT2D eigenvalue weighted by Crippen LogP contribution is -2.44. The van der Waals surface area contributed by atoms with Crippen LogP contribution in [0, 0.1) is 11.8 Å². The molecule has 17 heavy (non-hydrogen) atoms. The summed E-state index contributed by atoms with van der Waals surface area (Å²) in [5.41, 5.74) is 0. The molecule has 2 nitrogen and oxygen atoms in total. The summed E-state index contributed by atoms with van der Waals surface area (Å²) in [6, 6.07) is 7.52. The third-order valence-electron chi connectivity index (χ3n) is 2.89. The van der Waals surface area contributed by atoms with E-state index in [0.717, 1.165) is 22.6 Å². The molecule has 1 heterocycles. The van der Waals surface area contributed by atoms with Crippen LogP contribution in [0.2, 0.25) is 5.02 Å². The van der Waals surface area contributed by atoms with Crippen LogP contribution in [0.15, 0.2) is 28.7 Å². The van der Waals surface area contributed by atoms with E-state index >= 15 is 0 Å². The smallest absolute Gasteiger partial charge is 0.0615 e. The van der Waals surface area contributed by atoms with Crippen LogP contribution in [0.25, 0.3) is 0 Å². The zero-order valence-corrected chi connectivity index (χ0v) is 12.5. The van der Waals surface area contributed by atoms with E-state index in [1.807, 2.05) is 24.3 Å². The summed E-state index contributed by atoms with van der Waals surface area (Å²) in [6.45, 7) is 6.08. The standard InChI is InChI=1S/C7H15NO.C6H4BrCl/c1-5-3-8-4-6(2)7(5)9;7-5-2-1-3-6(8)4-5/h5-9H,3-4H2,1-2H3;1-4H. The topological polar surface area (TPSA) is 32.3 Å². The molecule has 0 aromatic heterocycles. The average molecular weight is 321 g/mol. The van der Waals surface area contributed by atoms with Crippen molar-refractivity contribution in [3.8, 4) is 0 Å². The summed E-state index contributed by atoms with van der Waals surface area (Å²) in [5.74, 6) is 0.850. The predicted octanol–water partition coefficient (Wildman–Crippen LogP) is 3.33. The van der Waals surface area contributed by atoms with Crippen molar-refractivity contribution in [2.75, 3.05) is 13.1 Å². The van der Waals surface area contributed by atoms with Gasteiger partial charge in [0.15, 0.2) is 0 Å². The summed E-state index contributed by atoms with van der Waals surface area (Å²) in [5, 5.41) is 13.4. The molecule has 0 saturated carbocycles. The highest BCUT2D eigenvalue weighted by atomic mass is 79.9. The molecular formula is C13H19BrClNO. The lowest BCUT2D eigenvalue weighted by atomic mass is 9.90. The molecule has 0 spiro atoms. The van der Waals surface area contributed by atoms with Crippen molar-refractivity contribution in [3.05, 3.63) is 33.8 Å². The average Bonchev–Trinajstić information content (AvgIpc) is 2.26. The van der Waals surface area contributed by atoms with Crippen LogP contribution in [0.4, 0.5) is 0 Å². The lowest BCUT2D eigenvalue weighted by molar-refractivity contribution is 0.0434. The van der Waals surface area contributed by atoms with Crippen molar-refractivity contribution in [1.82, 2.24) is 5.32 Å². The summed E-state index contributed by atoms with van der Waals surface area (Å²) < 4.78 is 1.02. The van der Waals surface area contributed by atoms with Gasteiger partial charge in [0.1, 0.15) is 0 Å². The molecule has 1 saturated heterocycles. The van der Waals surface area contributed by atoms with Crippen LogP contribution in [-0.4, -0.2) is 24.3 Å². The number of hydrogen-bond acceptors (Lipinski definition) is 2. The molecule has 2 N–H and O–H groups in total. The normalized spacial score (nSPS) is 28.2. The van der Waals surface area contributed by atoms with Gasteiger partial charge in [0, 0.05) is 22.6 Å². The Balaban J connectivity index is 0.000000171. The maximum atomic E-state index is 9.41. The van der Waals surface area contributed by atoms with Crippen molar-refractivity contribution < 1.29 is 5.11 Å². The second-order valence-corrected chi connectivity index (χ2v) is 5.90. The Bertz CT molecular complexity index is 321. The molecule has 1 fully saturated rings. The van der Waals surface area contributed by atoms with Gasteiger partial charge < -0.3 is 10.4 Å². The van der Waals surface area contributed by atoms with Crippen molar-refractivity contribution in [3.63, 3.8) is 0 Å². The van der Waals surface area contributed by atoms with Gasteiger partial charge in [-0.15, -0.1) is 0 Å². The number of piperidine rings is 1. The lowest BCUT2D eigenvalue weighted by Gasteiger charge is -2.30. The Labute approximate surface area is 117 Å². The first-order valence-electron chi connectivity index (χ1n) is 5.80. The molecule has 1 aromatic carbocycles. The highest BCUT2D eigenvalue weighted by molar-refractivity contribution is 9.10. The van der Waals surface area contributed by atoms with E-state index in [-0.39, 0.29) is 6.10 Å². The van der Waals surface area contributed by atoms with Crippen LogP contribution in [-0.2, 0) is 0 Å². The van der Waals surface area contributed by atoms with Crippen LogP contribution in [0.5, 0.6) is 0 Å². The Morgan fingerprint density at radius 3 is 2.24 bits per heavy atom. The first kappa shape index (κ1) is 15.0. The van der Waals surface area contributed by atoms with Gasteiger partial charge in [0.05, 0.1) is 6.10 Å². The zero-order valence-electron chi connectivity index (χ0n) is 10.2. The van der Waals surface area contributed by atoms with E-state index in [9.17, 15) is 5.11 Å². The number of benzene rings is 1. The summed E-state index contributed by atoms with van der Waals surface area (Å²) in [7, 11) is 0. The highest BCUT2D eigenvalue weighted by Gasteiger charge is 2.24. The number of nitrogens with one attached hydrogen (secondary N) is 1. The van der Waals surface area contributed by atoms with Crippen LogP contribution >= 0.6 is 27.5 Å². The van der Waals surface area contributed by atoms with Gasteiger partial charge in [0.2, 0.25) is 0 Å². The van der Waals surface area contributed by atoms with Gasteiger partial charge in [-0.2, -0.15) is 0 Å². The zero-order chi connectivity index (χ0) is 12.8. The molecule has 1 aliphatic heterocycles. The number of halogens is 2. The summed E-state index contributed by atoms with van der Waals surface area (Å²) >= 11 is 8.89. The SMILES string of the molecule is CC1CNCC(C)C1O.Clc1cccc(Br)c1. The second-order valence-electron chi connectivity index (χ2n) is 4.54. The first-order chi connectivity index (χ1) is 8.00. The van der Waals surface area contributed by atoms with Crippen molar-refractivity contribution in [1.29, 1.82) is 0 Å². The molecule has 0 amide bonds. The maximum Gasteiger partial charge on any atom is 0.0615 e. The number of hydrogen-bond donors (Lipinski definition) is 2. The molecule has 1 aromatic rings. The van der Waals surface area contributed by atoms with E-state index in [1.165, 1.54) is 0 Å². The van der Waals surface area contributed by atoms with Gasteiger partial charge in [-0.3, -0.25) is 0 Å². The third-order valence-corrected chi connectivity index (χ3v) is 3.61. The van der Waals surface area contributed by atoms with E-state index in [1.54, 1.807) is 0 Å². The minimum Gasteiger partial charge on any atom is -0.392 e. The fraction of sp³-hybridized carbons (Fsp3) is 0.538. The second kappa shape index (κ2) is 7.37. The van der Waals surface area contributed by atoms with Crippen LogP contribution < -0.4 is 5.32 Å². The number of aliphatic hydroxyl groups excluding tert-OH is 1. The Morgan fingerprint density at radius 2 is 1.88 bits per heavy atom. The van der Waals surface area contributed by atoms with E-state index < -0.39 is 0 Å². The van der Waals surface area contributed by atoms with Crippen LogP contribution in [0.3, 0.4) is 0 Å². The minimum absolute atomic E-state index is 0.0914. The van der Waals surface area contributed by atoms with Crippen molar-refractivity contribution in [2.24, 2.45) is 11.8 Å². The molecular weight excluding hydrogens is 302 g/mol. The molecule has 2 unspecified atom stereocenters. The third kappa shape index (κ3) is 5.38. The van der Waals surface area contributed by atoms with Gasteiger partial charge in [-0.25, -0.2) is 0 Å². The summed E-state index contributed by atoms with van der Waals surface area (Å²) in [4.78, 5) is 0. The van der Waals surface area contributed by atoms with Crippen LogP contribution in [0.1, 0.15) is 13.8 Å². The van der Waals surface area contributed by atoms with Gasteiger partial charge in [-0.1, -0.05) is 47.4 Å². The Morgan fingerprint density at radius 1 is 1.29 bits per heavy atom. The van der Waals surface area contributed by atoms with Gasteiger partial charge in [0.25, 0.3) is 0 Å². The van der Waals surface area contributed by atoms with Gasteiger partial charge >= 0.3 is 0 Å². The van der Waals surface area contributed by atoms with Gasteiger partial charge in [-0.05, 0) is 30.0 Å². The molecule has 0 radical (unpaired) electrons. The minimum atomic E-state index is -0.0914. The largest absolute Gasteiger partial charge is 0.392 e. The molecule has 96 valence electrons. The van der Waals surface area contributed by atoms with E-state index in [2.05, 4.69) is 35.1 Å². The van der Waals surface area contributed by atoms with Crippen molar-refractivity contribution >= 4 is 27.5 Å². The number of rotatable bonds is 0. The maximum absolute atomic E-state index is 9.41. The fourth-order valence-corrected chi connectivity index (χ4v) is 2.52. The number of aliphatic hydroxyl groups is 1. The summed E-state index contributed by atoms with van der Waals surface area (Å²) in [6.07, 6.45) is -0.0914. The molecule has 4 heteroatoms. The highest BCUT2D eigenvalue weighted by Crippen LogP contribution is 2.15. The molecule has 2 rings (SSSR count). The predicted molar refractivity (Wildman–Crippen MR) is 76.4 cm³/mol. The molecule has 0 aliphatic carbocycles.